The van der Waals surface area contributed by atoms with Crippen LogP contribution in [0.15, 0.2) is 42.7 Å². The van der Waals surface area contributed by atoms with Crippen molar-refractivity contribution in [2.45, 2.75) is 19.9 Å². The van der Waals surface area contributed by atoms with Gasteiger partial charge in [-0.2, -0.15) is 0 Å². The smallest absolute Gasteiger partial charge is 0.251 e. The summed E-state index contributed by atoms with van der Waals surface area (Å²) in [5.41, 5.74) is 2.88. The van der Waals surface area contributed by atoms with Crippen LogP contribution in [0.4, 0.5) is 0 Å². The molecular formula is C19H22ClN3O. The monoisotopic (exact) mass is 343 g/mol. The van der Waals surface area contributed by atoms with Crippen LogP contribution in [0.3, 0.4) is 0 Å². The van der Waals surface area contributed by atoms with E-state index in [9.17, 15) is 4.79 Å². The van der Waals surface area contributed by atoms with Gasteiger partial charge in [0, 0.05) is 42.6 Å². The van der Waals surface area contributed by atoms with E-state index in [0.29, 0.717) is 23.0 Å². The van der Waals surface area contributed by atoms with Gasteiger partial charge < -0.3 is 5.32 Å². The first-order valence-electron chi connectivity index (χ1n) is 8.27. The lowest BCUT2D eigenvalue weighted by Gasteiger charge is -2.16. The van der Waals surface area contributed by atoms with Crippen LogP contribution in [0.1, 0.15) is 27.9 Å². The van der Waals surface area contributed by atoms with Gasteiger partial charge in [0.1, 0.15) is 0 Å². The number of nitrogens with one attached hydrogen (secondary N) is 1. The summed E-state index contributed by atoms with van der Waals surface area (Å²) in [6, 6.07) is 9.49. The van der Waals surface area contributed by atoms with Gasteiger partial charge >= 0.3 is 0 Å². The SMILES string of the molecule is Cc1cc(C(=O)NCC2CCN(Cc3ccncc3)C2)ccc1Cl. The number of nitrogens with zero attached hydrogens (tertiary/aromatic N) is 2. The Balaban J connectivity index is 1.47. The third-order valence-corrected chi connectivity index (χ3v) is 4.92. The second-order valence-corrected chi connectivity index (χ2v) is 6.83. The summed E-state index contributed by atoms with van der Waals surface area (Å²) < 4.78 is 0. The third kappa shape index (κ3) is 4.34. The molecule has 0 bridgehead atoms. The second kappa shape index (κ2) is 7.77. The summed E-state index contributed by atoms with van der Waals surface area (Å²) in [7, 11) is 0. The predicted molar refractivity (Wildman–Crippen MR) is 96.1 cm³/mol. The number of hydrogen-bond acceptors (Lipinski definition) is 3. The van der Waals surface area contributed by atoms with Gasteiger partial charge in [-0.05, 0) is 67.3 Å². The molecule has 0 spiro atoms. The van der Waals surface area contributed by atoms with Crippen molar-refractivity contribution in [1.82, 2.24) is 15.2 Å². The van der Waals surface area contributed by atoms with E-state index in [-0.39, 0.29) is 5.91 Å². The van der Waals surface area contributed by atoms with Gasteiger partial charge in [0.2, 0.25) is 0 Å². The highest BCUT2D eigenvalue weighted by Gasteiger charge is 2.23. The minimum atomic E-state index is -0.0256. The number of pyridine rings is 1. The van der Waals surface area contributed by atoms with Crippen LogP contribution in [-0.4, -0.2) is 35.4 Å². The first-order chi connectivity index (χ1) is 11.6. The highest BCUT2D eigenvalue weighted by atomic mass is 35.5. The summed E-state index contributed by atoms with van der Waals surface area (Å²) in [5, 5.41) is 3.74. The van der Waals surface area contributed by atoms with Crippen molar-refractivity contribution < 1.29 is 4.79 Å². The number of benzene rings is 1. The fourth-order valence-electron chi connectivity index (χ4n) is 3.09. The number of rotatable bonds is 5. The Labute approximate surface area is 147 Å². The molecule has 1 N–H and O–H groups in total. The lowest BCUT2D eigenvalue weighted by molar-refractivity contribution is 0.0947. The minimum Gasteiger partial charge on any atom is -0.352 e. The number of amides is 1. The molecule has 3 rings (SSSR count). The van der Waals surface area contributed by atoms with Crippen molar-refractivity contribution in [3.63, 3.8) is 0 Å². The third-order valence-electron chi connectivity index (χ3n) is 4.50. The Morgan fingerprint density at radius 2 is 2.12 bits per heavy atom. The molecule has 0 saturated carbocycles. The van der Waals surface area contributed by atoms with Crippen molar-refractivity contribution >= 4 is 17.5 Å². The molecule has 4 nitrogen and oxygen atoms in total. The molecule has 1 atom stereocenters. The Hall–Kier alpha value is -1.91. The highest BCUT2D eigenvalue weighted by molar-refractivity contribution is 6.31. The Morgan fingerprint density at radius 3 is 2.88 bits per heavy atom. The molecule has 24 heavy (non-hydrogen) atoms. The molecule has 0 aliphatic carbocycles. The Bertz CT molecular complexity index is 705. The maximum atomic E-state index is 12.3. The summed E-state index contributed by atoms with van der Waals surface area (Å²) in [5.74, 6) is 0.478. The van der Waals surface area contributed by atoms with Crippen LogP contribution >= 0.6 is 11.6 Å². The van der Waals surface area contributed by atoms with Crippen molar-refractivity contribution in [2.75, 3.05) is 19.6 Å². The summed E-state index contributed by atoms with van der Waals surface area (Å²) in [4.78, 5) is 18.7. The number of hydrogen-bond donors (Lipinski definition) is 1. The average molecular weight is 344 g/mol. The molecule has 1 aromatic heterocycles. The fraction of sp³-hybridized carbons (Fsp3) is 0.368. The van der Waals surface area contributed by atoms with Gasteiger partial charge in [-0.3, -0.25) is 14.7 Å². The van der Waals surface area contributed by atoms with Gasteiger partial charge in [0.25, 0.3) is 5.91 Å². The van der Waals surface area contributed by atoms with E-state index in [1.165, 1.54) is 5.56 Å². The molecule has 0 radical (unpaired) electrons. The van der Waals surface area contributed by atoms with Gasteiger partial charge in [0.05, 0.1) is 0 Å². The van der Waals surface area contributed by atoms with Crippen LogP contribution in [0, 0.1) is 12.8 Å². The average Bonchev–Trinajstić information content (AvgIpc) is 3.03. The Kier molecular flexibility index (Phi) is 5.48. The van der Waals surface area contributed by atoms with E-state index in [0.717, 1.165) is 31.6 Å². The Morgan fingerprint density at radius 1 is 1.33 bits per heavy atom. The van der Waals surface area contributed by atoms with Crippen molar-refractivity contribution in [2.24, 2.45) is 5.92 Å². The second-order valence-electron chi connectivity index (χ2n) is 6.42. The first kappa shape index (κ1) is 16.9. The van der Waals surface area contributed by atoms with E-state index in [1.807, 2.05) is 25.4 Å². The molecule has 2 heterocycles. The summed E-state index contributed by atoms with van der Waals surface area (Å²) >= 11 is 6.01. The number of aryl methyl sites for hydroxylation is 1. The highest BCUT2D eigenvalue weighted by Crippen LogP contribution is 2.19. The van der Waals surface area contributed by atoms with Crippen LogP contribution in [0.25, 0.3) is 0 Å². The number of carbonyl (C=O) groups excluding carboxylic acids is 1. The summed E-state index contributed by atoms with van der Waals surface area (Å²) in [6.07, 6.45) is 4.78. The molecule has 126 valence electrons. The maximum absolute atomic E-state index is 12.3. The van der Waals surface area contributed by atoms with Crippen LogP contribution in [0.5, 0.6) is 0 Å². The molecule has 2 aromatic rings. The number of likely N-dealkylation sites (tertiary alicyclic amines) is 1. The van der Waals surface area contributed by atoms with Crippen molar-refractivity contribution in [3.8, 4) is 0 Å². The van der Waals surface area contributed by atoms with Gasteiger partial charge in [-0.1, -0.05) is 11.6 Å². The van der Waals surface area contributed by atoms with Gasteiger partial charge in [-0.15, -0.1) is 0 Å². The minimum absolute atomic E-state index is 0.0256. The zero-order valence-electron chi connectivity index (χ0n) is 13.8. The zero-order valence-corrected chi connectivity index (χ0v) is 14.6. The lowest BCUT2D eigenvalue weighted by Crippen LogP contribution is -2.31. The largest absolute Gasteiger partial charge is 0.352 e. The van der Waals surface area contributed by atoms with E-state index in [1.54, 1.807) is 12.1 Å². The van der Waals surface area contributed by atoms with E-state index >= 15 is 0 Å². The maximum Gasteiger partial charge on any atom is 0.251 e. The van der Waals surface area contributed by atoms with Crippen molar-refractivity contribution in [3.05, 3.63) is 64.4 Å². The van der Waals surface area contributed by atoms with E-state index < -0.39 is 0 Å². The van der Waals surface area contributed by atoms with Crippen LogP contribution in [-0.2, 0) is 6.54 Å². The molecule has 5 heteroatoms. The van der Waals surface area contributed by atoms with E-state index in [2.05, 4.69) is 27.3 Å². The molecular weight excluding hydrogens is 322 g/mol. The molecule has 1 aliphatic heterocycles. The van der Waals surface area contributed by atoms with Crippen LogP contribution < -0.4 is 5.32 Å². The van der Waals surface area contributed by atoms with Crippen LogP contribution in [0.2, 0.25) is 5.02 Å². The summed E-state index contributed by atoms with van der Waals surface area (Å²) in [6.45, 7) is 5.66. The predicted octanol–water partition coefficient (Wildman–Crippen LogP) is 3.30. The number of halogens is 1. The topological polar surface area (TPSA) is 45.2 Å². The molecule has 1 aromatic carbocycles. The quantitative estimate of drug-likeness (QED) is 0.906. The normalized spacial score (nSPS) is 17.8. The van der Waals surface area contributed by atoms with E-state index in [4.69, 9.17) is 11.6 Å². The molecule has 1 unspecified atom stereocenters. The molecule has 1 saturated heterocycles. The molecule has 1 amide bonds. The zero-order chi connectivity index (χ0) is 16.9. The lowest BCUT2D eigenvalue weighted by atomic mass is 10.1. The number of aromatic nitrogens is 1. The molecule has 1 aliphatic rings. The first-order valence-corrected chi connectivity index (χ1v) is 8.65. The van der Waals surface area contributed by atoms with Gasteiger partial charge in [-0.25, -0.2) is 0 Å². The number of carbonyl (C=O) groups is 1. The standard InChI is InChI=1S/C19H22ClN3O/c1-14-10-17(2-3-18(14)20)19(24)22-11-16-6-9-23(13-16)12-15-4-7-21-8-5-15/h2-5,7-8,10,16H,6,9,11-13H2,1H3,(H,22,24). The van der Waals surface area contributed by atoms with Gasteiger partial charge in [0.15, 0.2) is 0 Å². The fourth-order valence-corrected chi connectivity index (χ4v) is 3.21. The molecule has 1 fully saturated rings. The van der Waals surface area contributed by atoms with Crippen molar-refractivity contribution in [1.29, 1.82) is 0 Å².